The van der Waals surface area contributed by atoms with Crippen LogP contribution in [0.2, 0.25) is 0 Å². The smallest absolute Gasteiger partial charge is 0.257 e. The number of nitrogens with zero attached hydrogens (tertiary/aromatic N) is 3. The van der Waals surface area contributed by atoms with E-state index in [0.717, 1.165) is 17.4 Å². The summed E-state index contributed by atoms with van der Waals surface area (Å²) in [6.45, 7) is 0.526. The first-order valence-corrected chi connectivity index (χ1v) is 11.0. The van der Waals surface area contributed by atoms with E-state index in [2.05, 4.69) is 10.2 Å². The van der Waals surface area contributed by atoms with Gasteiger partial charge in [-0.25, -0.2) is 12.8 Å². The van der Waals surface area contributed by atoms with Crippen LogP contribution in [0.3, 0.4) is 0 Å². The highest BCUT2D eigenvalue weighted by molar-refractivity contribution is 7.89. The second-order valence-corrected chi connectivity index (χ2v) is 9.27. The van der Waals surface area contributed by atoms with Gasteiger partial charge in [0.15, 0.2) is 0 Å². The van der Waals surface area contributed by atoms with E-state index in [0.29, 0.717) is 24.7 Å². The first kappa shape index (κ1) is 19.0. The summed E-state index contributed by atoms with van der Waals surface area (Å²) < 4.78 is 52.1. The van der Waals surface area contributed by atoms with Crippen molar-refractivity contribution in [2.24, 2.45) is 0 Å². The van der Waals surface area contributed by atoms with Gasteiger partial charge < -0.3 is 9.15 Å². The van der Waals surface area contributed by atoms with Gasteiger partial charge in [0.05, 0.1) is 17.9 Å². The van der Waals surface area contributed by atoms with Gasteiger partial charge in [0.1, 0.15) is 16.5 Å². The fraction of sp³-hybridized carbons (Fsp3) is 0.333. The van der Waals surface area contributed by atoms with Gasteiger partial charge in [-0.05, 0) is 42.5 Å². The number of benzene rings is 1. The Hall–Kier alpha value is -2.30. The van der Waals surface area contributed by atoms with Crippen molar-refractivity contribution in [1.82, 2.24) is 14.5 Å². The number of piperidine rings is 1. The molecule has 0 N–H and O–H groups in total. The molecule has 2 aromatic heterocycles. The monoisotopic (exact) mass is 423 g/mol. The third kappa shape index (κ3) is 3.54. The fourth-order valence-corrected chi connectivity index (χ4v) is 5.59. The molecule has 10 heteroatoms. The first-order chi connectivity index (χ1) is 13.5. The molecule has 1 fully saturated rings. The molecule has 3 heterocycles. The third-order valence-electron chi connectivity index (χ3n) is 4.65. The first-order valence-electron chi connectivity index (χ1n) is 8.70. The average molecular weight is 423 g/mol. The summed E-state index contributed by atoms with van der Waals surface area (Å²) in [5.74, 6) is 0.0994. The summed E-state index contributed by atoms with van der Waals surface area (Å²) in [6, 6.07) is 7.25. The molecule has 1 unspecified atom stereocenters. The van der Waals surface area contributed by atoms with E-state index >= 15 is 0 Å². The summed E-state index contributed by atoms with van der Waals surface area (Å²) >= 11 is 1.49. The molecule has 1 saturated heterocycles. The Morgan fingerprint density at radius 2 is 2.18 bits per heavy atom. The lowest BCUT2D eigenvalue weighted by Crippen LogP contribution is -2.39. The van der Waals surface area contributed by atoms with Crippen molar-refractivity contribution in [3.8, 4) is 16.5 Å². The molecule has 1 aromatic carbocycles. The molecule has 0 aliphatic carbocycles. The molecule has 0 saturated carbocycles. The second kappa shape index (κ2) is 7.61. The van der Waals surface area contributed by atoms with Crippen molar-refractivity contribution < 1.29 is 22.0 Å². The van der Waals surface area contributed by atoms with Crippen molar-refractivity contribution in [2.45, 2.75) is 23.7 Å². The number of thiophene rings is 1. The molecule has 3 aromatic rings. The lowest BCUT2D eigenvalue weighted by Gasteiger charge is -2.30. The molecule has 7 nitrogen and oxygen atoms in total. The number of aromatic nitrogens is 2. The molecule has 0 bridgehead atoms. The van der Waals surface area contributed by atoms with Crippen LogP contribution in [-0.4, -0.2) is 43.1 Å². The number of sulfonamides is 1. The van der Waals surface area contributed by atoms with Crippen molar-refractivity contribution in [1.29, 1.82) is 0 Å². The minimum absolute atomic E-state index is 0.112. The summed E-state index contributed by atoms with van der Waals surface area (Å²) in [6.07, 6.45) is 1.37. The van der Waals surface area contributed by atoms with Gasteiger partial charge in [-0.3, -0.25) is 0 Å². The van der Waals surface area contributed by atoms with Crippen LogP contribution in [0, 0.1) is 5.82 Å². The quantitative estimate of drug-likeness (QED) is 0.624. The molecular formula is C18H18FN3O4S2. The van der Waals surface area contributed by atoms with Gasteiger partial charge in [-0.15, -0.1) is 21.5 Å². The van der Waals surface area contributed by atoms with Crippen molar-refractivity contribution in [3.63, 3.8) is 0 Å². The minimum atomic E-state index is -3.92. The third-order valence-corrected chi connectivity index (χ3v) is 7.39. The van der Waals surface area contributed by atoms with E-state index < -0.39 is 15.8 Å². The predicted molar refractivity (Wildman–Crippen MR) is 101 cm³/mol. The standard InChI is InChI=1S/C18H18FN3O4S2/c1-25-14-7-6-13(19)10-16(14)28(23,24)22-8-2-4-12(11-22)17-20-21-18(26-17)15-5-3-9-27-15/h3,5-7,9-10,12H,2,4,8,11H2,1H3. The zero-order valence-electron chi connectivity index (χ0n) is 15.0. The topological polar surface area (TPSA) is 85.5 Å². The Bertz CT molecular complexity index is 1070. The van der Waals surface area contributed by atoms with Crippen LogP contribution in [0.25, 0.3) is 10.8 Å². The molecule has 1 aliphatic rings. The molecule has 4 rings (SSSR count). The molecular weight excluding hydrogens is 405 g/mol. The lowest BCUT2D eigenvalue weighted by molar-refractivity contribution is 0.285. The Morgan fingerprint density at radius 3 is 2.93 bits per heavy atom. The number of rotatable bonds is 5. The highest BCUT2D eigenvalue weighted by Crippen LogP contribution is 2.34. The van der Waals surface area contributed by atoms with Crippen molar-refractivity contribution >= 4 is 21.4 Å². The van der Waals surface area contributed by atoms with Crippen LogP contribution in [0.1, 0.15) is 24.7 Å². The average Bonchev–Trinajstić information content (AvgIpc) is 3.40. The van der Waals surface area contributed by atoms with Gasteiger partial charge in [0.2, 0.25) is 15.9 Å². The number of methoxy groups -OCH3 is 1. The largest absolute Gasteiger partial charge is 0.495 e. The van der Waals surface area contributed by atoms with Crippen LogP contribution < -0.4 is 4.74 Å². The van der Waals surface area contributed by atoms with Crippen LogP contribution >= 0.6 is 11.3 Å². The van der Waals surface area contributed by atoms with Gasteiger partial charge in [0.25, 0.3) is 5.89 Å². The number of hydrogen-bond acceptors (Lipinski definition) is 7. The Balaban J connectivity index is 1.59. The Morgan fingerprint density at radius 1 is 1.32 bits per heavy atom. The normalized spacial score (nSPS) is 18.3. The maximum absolute atomic E-state index is 13.7. The maximum atomic E-state index is 13.7. The zero-order valence-corrected chi connectivity index (χ0v) is 16.7. The van der Waals surface area contributed by atoms with E-state index in [9.17, 15) is 12.8 Å². The highest BCUT2D eigenvalue weighted by Gasteiger charge is 2.35. The number of ether oxygens (including phenoxy) is 1. The predicted octanol–water partition coefficient (Wildman–Crippen LogP) is 3.51. The van der Waals surface area contributed by atoms with Gasteiger partial charge in [0, 0.05) is 13.1 Å². The molecule has 1 atom stereocenters. The van der Waals surface area contributed by atoms with Gasteiger partial charge in [-0.1, -0.05) is 6.07 Å². The van der Waals surface area contributed by atoms with Crippen molar-refractivity contribution in [2.75, 3.05) is 20.2 Å². The van der Waals surface area contributed by atoms with Crippen LogP contribution in [-0.2, 0) is 10.0 Å². The summed E-state index contributed by atoms with van der Waals surface area (Å²) in [5.41, 5.74) is 0. The molecule has 0 spiro atoms. The van der Waals surface area contributed by atoms with Gasteiger partial charge >= 0.3 is 0 Å². The molecule has 1 aliphatic heterocycles. The molecule has 28 heavy (non-hydrogen) atoms. The summed E-state index contributed by atoms with van der Waals surface area (Å²) in [7, 11) is -2.57. The lowest BCUT2D eigenvalue weighted by atomic mass is 10.00. The van der Waals surface area contributed by atoms with Crippen molar-refractivity contribution in [3.05, 3.63) is 47.4 Å². The van der Waals surface area contributed by atoms with Crippen LogP contribution in [0.4, 0.5) is 4.39 Å². The van der Waals surface area contributed by atoms with Crippen LogP contribution in [0.5, 0.6) is 5.75 Å². The van der Waals surface area contributed by atoms with E-state index in [1.165, 1.54) is 34.9 Å². The molecule has 148 valence electrons. The van der Waals surface area contributed by atoms with Gasteiger partial charge in [-0.2, -0.15) is 4.31 Å². The van der Waals surface area contributed by atoms with E-state index in [1.807, 2.05) is 17.5 Å². The minimum Gasteiger partial charge on any atom is -0.495 e. The zero-order chi connectivity index (χ0) is 19.7. The highest BCUT2D eigenvalue weighted by atomic mass is 32.2. The Labute approximate surface area is 165 Å². The van der Waals surface area contributed by atoms with E-state index in [1.54, 1.807) is 0 Å². The number of hydrogen-bond donors (Lipinski definition) is 0. The van der Waals surface area contributed by atoms with Crippen LogP contribution in [0.15, 0.2) is 45.0 Å². The van der Waals surface area contributed by atoms with E-state index in [4.69, 9.17) is 9.15 Å². The summed E-state index contributed by atoms with van der Waals surface area (Å²) in [5, 5.41) is 10.1. The fourth-order valence-electron chi connectivity index (χ4n) is 3.25. The maximum Gasteiger partial charge on any atom is 0.257 e. The number of halogens is 1. The Kier molecular flexibility index (Phi) is 5.17. The second-order valence-electron chi connectivity index (χ2n) is 6.42. The summed E-state index contributed by atoms with van der Waals surface area (Å²) in [4.78, 5) is 0.684. The molecule has 0 amide bonds. The SMILES string of the molecule is COc1ccc(F)cc1S(=O)(=O)N1CCCC(c2nnc(-c3cccs3)o2)C1. The van der Waals surface area contributed by atoms with E-state index in [-0.39, 0.29) is 23.1 Å². The molecule has 0 radical (unpaired) electrons.